The third-order valence-electron chi connectivity index (χ3n) is 1.93. The van der Waals surface area contributed by atoms with Crippen LogP contribution in [0.4, 0.5) is 0 Å². The van der Waals surface area contributed by atoms with Crippen LogP contribution in [0.2, 0.25) is 5.15 Å². The van der Waals surface area contributed by atoms with Crippen molar-refractivity contribution in [3.8, 4) is 11.8 Å². The van der Waals surface area contributed by atoms with E-state index in [4.69, 9.17) is 16.3 Å². The van der Waals surface area contributed by atoms with E-state index in [1.165, 1.54) is 0 Å². The fourth-order valence-corrected chi connectivity index (χ4v) is 1.46. The maximum Gasteiger partial charge on any atom is 0.303 e. The molecule has 0 saturated carbocycles. The smallest absolute Gasteiger partial charge is 0.303 e. The van der Waals surface area contributed by atoms with Crippen molar-refractivity contribution in [3.63, 3.8) is 0 Å². The third kappa shape index (κ3) is 2.10. The summed E-state index contributed by atoms with van der Waals surface area (Å²) in [6.07, 6.45) is 4.88. The van der Waals surface area contributed by atoms with Gasteiger partial charge in [0.2, 0.25) is 0 Å². The fourth-order valence-electron chi connectivity index (χ4n) is 1.22. The molecule has 2 rings (SSSR count). The van der Waals surface area contributed by atoms with Gasteiger partial charge in [0.25, 0.3) is 0 Å². The summed E-state index contributed by atoms with van der Waals surface area (Å²) < 4.78 is 7.30. The quantitative estimate of drug-likeness (QED) is 0.803. The minimum Gasteiger partial charge on any atom is -0.424 e. The van der Waals surface area contributed by atoms with Crippen LogP contribution < -0.4 is 4.74 Å². The van der Waals surface area contributed by atoms with Crippen molar-refractivity contribution >= 4 is 11.6 Å². The van der Waals surface area contributed by atoms with Gasteiger partial charge in [-0.25, -0.2) is 4.98 Å². The lowest BCUT2D eigenvalue weighted by molar-refractivity contribution is 0.414. The molecule has 0 aromatic carbocycles. The molecule has 0 aliphatic carbocycles. The molecular weight excluding hydrogens is 214 g/mol. The second-order valence-electron chi connectivity index (χ2n) is 2.90. The minimum atomic E-state index is 0.482. The number of ether oxygens (including phenoxy) is 1. The van der Waals surface area contributed by atoms with Crippen LogP contribution in [-0.4, -0.2) is 14.5 Å². The number of nitrogens with zero attached hydrogens (tertiary/aromatic N) is 3. The van der Waals surface area contributed by atoms with E-state index in [1.54, 1.807) is 29.2 Å². The van der Waals surface area contributed by atoms with E-state index in [0.717, 1.165) is 0 Å². The Labute approximate surface area is 92.5 Å². The van der Waals surface area contributed by atoms with Crippen LogP contribution in [0.1, 0.15) is 6.92 Å². The topological polar surface area (TPSA) is 39.9 Å². The molecule has 5 heteroatoms. The van der Waals surface area contributed by atoms with Crippen LogP contribution in [0.25, 0.3) is 0 Å². The van der Waals surface area contributed by atoms with Crippen molar-refractivity contribution in [2.75, 3.05) is 0 Å². The Morgan fingerprint density at radius 3 is 3.00 bits per heavy atom. The van der Waals surface area contributed by atoms with Crippen LogP contribution in [0.15, 0.2) is 30.7 Å². The lowest BCUT2D eigenvalue weighted by atomic mass is 10.5. The summed E-state index contributed by atoms with van der Waals surface area (Å²) in [5, 5.41) is 0.566. The Kier molecular flexibility index (Phi) is 2.87. The second kappa shape index (κ2) is 4.31. The Morgan fingerprint density at radius 1 is 1.47 bits per heavy atom. The molecule has 0 saturated heterocycles. The number of pyridine rings is 1. The largest absolute Gasteiger partial charge is 0.424 e. The highest BCUT2D eigenvalue weighted by molar-refractivity contribution is 6.29. The van der Waals surface area contributed by atoms with Crippen LogP contribution in [-0.2, 0) is 6.54 Å². The van der Waals surface area contributed by atoms with Gasteiger partial charge < -0.3 is 4.74 Å². The first-order valence-electron chi connectivity index (χ1n) is 4.60. The van der Waals surface area contributed by atoms with E-state index >= 15 is 0 Å². The summed E-state index contributed by atoms with van der Waals surface area (Å²) in [6, 6.07) is 4.10. The molecule has 0 unspecified atom stereocenters. The van der Waals surface area contributed by atoms with Gasteiger partial charge in [-0.3, -0.25) is 9.55 Å². The molecule has 0 N–H and O–H groups in total. The zero-order valence-electron chi connectivity index (χ0n) is 8.22. The van der Waals surface area contributed by atoms with Gasteiger partial charge in [0.15, 0.2) is 0 Å². The van der Waals surface area contributed by atoms with Crippen LogP contribution in [0.5, 0.6) is 11.8 Å². The molecule has 15 heavy (non-hydrogen) atoms. The van der Waals surface area contributed by atoms with Gasteiger partial charge in [0, 0.05) is 12.7 Å². The maximum atomic E-state index is 5.92. The first-order chi connectivity index (χ1) is 7.31. The Morgan fingerprint density at radius 2 is 2.33 bits per heavy atom. The van der Waals surface area contributed by atoms with E-state index in [9.17, 15) is 0 Å². The van der Waals surface area contributed by atoms with E-state index in [1.807, 2.05) is 13.0 Å². The second-order valence-corrected chi connectivity index (χ2v) is 3.29. The predicted octanol–water partition coefficient (Wildman–Crippen LogP) is 2.74. The first-order valence-corrected chi connectivity index (χ1v) is 4.98. The van der Waals surface area contributed by atoms with Crippen molar-refractivity contribution in [2.24, 2.45) is 0 Å². The number of hydrogen-bond acceptors (Lipinski definition) is 3. The van der Waals surface area contributed by atoms with Crippen molar-refractivity contribution < 1.29 is 4.74 Å². The van der Waals surface area contributed by atoms with Gasteiger partial charge in [0.1, 0.15) is 10.9 Å². The zero-order valence-corrected chi connectivity index (χ0v) is 8.98. The summed E-state index contributed by atoms with van der Waals surface area (Å²) in [5.74, 6) is 0.648. The fraction of sp³-hybridized carbons (Fsp3) is 0.200. The number of rotatable bonds is 3. The monoisotopic (exact) mass is 223 g/mol. The summed E-state index contributed by atoms with van der Waals surface area (Å²) >= 11 is 5.92. The number of aromatic nitrogens is 3. The van der Waals surface area contributed by atoms with Gasteiger partial charge in [-0.1, -0.05) is 11.6 Å². The summed E-state index contributed by atoms with van der Waals surface area (Å²) in [7, 11) is 0. The molecule has 0 amide bonds. The molecule has 78 valence electrons. The normalized spacial score (nSPS) is 10.3. The molecule has 0 radical (unpaired) electrons. The van der Waals surface area contributed by atoms with Gasteiger partial charge in [-0.05, 0) is 19.1 Å². The third-order valence-corrected chi connectivity index (χ3v) is 2.23. The molecule has 0 aliphatic heterocycles. The minimum absolute atomic E-state index is 0.482. The molecule has 0 bridgehead atoms. The van der Waals surface area contributed by atoms with Crippen molar-refractivity contribution in [1.82, 2.24) is 14.5 Å². The predicted molar refractivity (Wildman–Crippen MR) is 57.2 cm³/mol. The Bertz CT molecular complexity index is 441. The Hall–Kier alpha value is -1.55. The molecule has 4 nitrogen and oxygen atoms in total. The molecule has 0 aliphatic rings. The SMILES string of the molecule is CCn1c(Cl)cnc1Oc1cccnc1. The van der Waals surface area contributed by atoms with Gasteiger partial charge in [-0.15, -0.1) is 0 Å². The maximum absolute atomic E-state index is 5.92. The standard InChI is InChI=1S/C10H10ClN3O/c1-2-14-9(11)7-13-10(14)15-8-4-3-5-12-6-8/h3-7H,2H2,1H3. The number of imidazole rings is 1. The lowest BCUT2D eigenvalue weighted by Gasteiger charge is -2.06. The number of halogens is 1. The van der Waals surface area contributed by atoms with Gasteiger partial charge >= 0.3 is 6.01 Å². The summed E-state index contributed by atoms with van der Waals surface area (Å²) in [6.45, 7) is 2.69. The zero-order chi connectivity index (χ0) is 10.7. The van der Waals surface area contributed by atoms with E-state index in [0.29, 0.717) is 23.5 Å². The van der Waals surface area contributed by atoms with Crippen LogP contribution in [0.3, 0.4) is 0 Å². The Balaban J connectivity index is 2.25. The van der Waals surface area contributed by atoms with Crippen molar-refractivity contribution in [3.05, 3.63) is 35.9 Å². The van der Waals surface area contributed by atoms with E-state index in [-0.39, 0.29) is 0 Å². The lowest BCUT2D eigenvalue weighted by Crippen LogP contribution is -1.98. The molecule has 0 spiro atoms. The highest BCUT2D eigenvalue weighted by atomic mass is 35.5. The highest BCUT2D eigenvalue weighted by Gasteiger charge is 2.08. The molecule has 2 heterocycles. The molecule has 0 fully saturated rings. The number of hydrogen-bond donors (Lipinski definition) is 0. The van der Waals surface area contributed by atoms with Crippen LogP contribution in [0, 0.1) is 0 Å². The average Bonchev–Trinajstić information content (AvgIpc) is 2.61. The van der Waals surface area contributed by atoms with E-state index < -0.39 is 0 Å². The highest BCUT2D eigenvalue weighted by Crippen LogP contribution is 2.22. The molecule has 0 atom stereocenters. The van der Waals surface area contributed by atoms with Crippen LogP contribution >= 0.6 is 11.6 Å². The molecular formula is C10H10ClN3O. The van der Waals surface area contributed by atoms with Crippen molar-refractivity contribution in [2.45, 2.75) is 13.5 Å². The van der Waals surface area contributed by atoms with Crippen molar-refractivity contribution in [1.29, 1.82) is 0 Å². The molecule has 2 aromatic rings. The summed E-state index contributed by atoms with van der Waals surface area (Å²) in [5.41, 5.74) is 0. The molecule has 2 aromatic heterocycles. The summed E-state index contributed by atoms with van der Waals surface area (Å²) in [4.78, 5) is 8.01. The average molecular weight is 224 g/mol. The first kappa shape index (κ1) is 9.98. The van der Waals surface area contributed by atoms with E-state index in [2.05, 4.69) is 9.97 Å². The van der Waals surface area contributed by atoms with Gasteiger partial charge in [0.05, 0.1) is 12.4 Å². The van der Waals surface area contributed by atoms with Gasteiger partial charge in [-0.2, -0.15) is 0 Å².